The van der Waals surface area contributed by atoms with Crippen molar-refractivity contribution in [3.63, 3.8) is 0 Å². The fraction of sp³-hybridized carbons (Fsp3) is 0.0588. The average Bonchev–Trinajstić information content (AvgIpc) is 2.59. The molecular formula is C17H17N3O3. The van der Waals surface area contributed by atoms with E-state index in [9.17, 15) is 9.59 Å². The van der Waals surface area contributed by atoms with Crippen LogP contribution in [0.3, 0.4) is 0 Å². The first kappa shape index (κ1) is 16.1. The lowest BCUT2D eigenvalue weighted by atomic mass is 10.2. The summed E-state index contributed by atoms with van der Waals surface area (Å²) >= 11 is 0. The number of carbonyl (C=O) groups excluding carboxylic acids is 2. The molecule has 0 aliphatic heterocycles. The molecule has 0 aliphatic rings. The van der Waals surface area contributed by atoms with Crippen molar-refractivity contribution in [3.05, 3.63) is 66.2 Å². The number of urea groups is 1. The molecule has 0 bridgehead atoms. The van der Waals surface area contributed by atoms with Gasteiger partial charge in [0.25, 0.3) is 5.91 Å². The van der Waals surface area contributed by atoms with E-state index in [2.05, 4.69) is 16.2 Å². The molecule has 23 heavy (non-hydrogen) atoms. The quantitative estimate of drug-likeness (QED) is 0.600. The van der Waals surface area contributed by atoms with Gasteiger partial charge in [-0.05, 0) is 24.3 Å². The smallest absolute Gasteiger partial charge is 0.337 e. The van der Waals surface area contributed by atoms with Gasteiger partial charge in [-0.3, -0.25) is 10.2 Å². The van der Waals surface area contributed by atoms with Crippen molar-refractivity contribution in [1.82, 2.24) is 10.9 Å². The Morgan fingerprint density at radius 3 is 2.39 bits per heavy atom. The molecule has 3 amide bonds. The van der Waals surface area contributed by atoms with Crippen LogP contribution in [0, 0.1) is 0 Å². The summed E-state index contributed by atoms with van der Waals surface area (Å²) in [5.41, 5.74) is 5.94. The van der Waals surface area contributed by atoms with Crippen LogP contribution in [-0.4, -0.2) is 19.0 Å². The number of benzene rings is 2. The van der Waals surface area contributed by atoms with Crippen molar-refractivity contribution >= 4 is 23.7 Å². The van der Waals surface area contributed by atoms with Crippen molar-refractivity contribution < 1.29 is 14.3 Å². The van der Waals surface area contributed by atoms with Crippen LogP contribution >= 0.6 is 0 Å². The minimum atomic E-state index is -0.532. The summed E-state index contributed by atoms with van der Waals surface area (Å²) in [6.07, 6.45) is 2.91. The van der Waals surface area contributed by atoms with E-state index in [1.165, 1.54) is 6.08 Å². The van der Waals surface area contributed by atoms with E-state index in [1.54, 1.807) is 43.5 Å². The van der Waals surface area contributed by atoms with Crippen LogP contribution in [0.1, 0.15) is 5.56 Å². The van der Waals surface area contributed by atoms with Gasteiger partial charge in [0, 0.05) is 17.3 Å². The van der Waals surface area contributed by atoms with E-state index < -0.39 is 11.9 Å². The maximum absolute atomic E-state index is 11.7. The topological polar surface area (TPSA) is 79.5 Å². The summed E-state index contributed by atoms with van der Waals surface area (Å²) in [6.45, 7) is 0. The van der Waals surface area contributed by atoms with Crippen LogP contribution in [0.15, 0.2) is 60.7 Å². The van der Waals surface area contributed by atoms with Crippen molar-refractivity contribution in [3.8, 4) is 5.75 Å². The monoisotopic (exact) mass is 311 g/mol. The molecule has 0 unspecified atom stereocenters. The van der Waals surface area contributed by atoms with E-state index in [-0.39, 0.29) is 0 Å². The lowest BCUT2D eigenvalue weighted by Gasteiger charge is -2.07. The van der Waals surface area contributed by atoms with E-state index in [4.69, 9.17) is 4.74 Å². The summed E-state index contributed by atoms with van der Waals surface area (Å²) in [4.78, 5) is 23.3. The number of ether oxygens (including phenoxy) is 1. The van der Waals surface area contributed by atoms with E-state index in [0.717, 1.165) is 5.56 Å². The second kappa shape index (κ2) is 8.23. The Balaban J connectivity index is 1.83. The van der Waals surface area contributed by atoms with Crippen LogP contribution in [0.2, 0.25) is 0 Å². The van der Waals surface area contributed by atoms with Crippen LogP contribution in [0.25, 0.3) is 6.08 Å². The third-order valence-corrected chi connectivity index (χ3v) is 2.88. The molecule has 0 aliphatic carbocycles. The van der Waals surface area contributed by atoms with Gasteiger partial charge in [-0.25, -0.2) is 10.2 Å². The Morgan fingerprint density at radius 2 is 1.65 bits per heavy atom. The summed E-state index contributed by atoms with van der Waals surface area (Å²) in [7, 11) is 1.56. The first-order chi connectivity index (χ1) is 11.2. The highest BCUT2D eigenvalue weighted by Gasteiger charge is 2.03. The third-order valence-electron chi connectivity index (χ3n) is 2.88. The molecule has 0 saturated heterocycles. The maximum Gasteiger partial charge on any atom is 0.337 e. The summed E-state index contributed by atoms with van der Waals surface area (Å²) in [6, 6.07) is 15.7. The second-order valence-corrected chi connectivity index (χ2v) is 4.51. The SMILES string of the molecule is COc1ccccc1C=CC(=O)NNC(=O)Nc1ccccc1. The first-order valence-corrected chi connectivity index (χ1v) is 6.92. The number of hydrazine groups is 1. The number of carbonyl (C=O) groups is 2. The fourth-order valence-corrected chi connectivity index (χ4v) is 1.81. The molecule has 0 atom stereocenters. The number of hydrogen-bond donors (Lipinski definition) is 3. The van der Waals surface area contributed by atoms with Gasteiger partial charge >= 0.3 is 6.03 Å². The van der Waals surface area contributed by atoms with E-state index in [0.29, 0.717) is 11.4 Å². The number of anilines is 1. The molecule has 2 rings (SSSR count). The van der Waals surface area contributed by atoms with Gasteiger partial charge in [0.1, 0.15) is 5.75 Å². The average molecular weight is 311 g/mol. The van der Waals surface area contributed by atoms with Crippen LogP contribution in [0.4, 0.5) is 10.5 Å². The lowest BCUT2D eigenvalue weighted by molar-refractivity contribution is -0.117. The zero-order chi connectivity index (χ0) is 16.5. The zero-order valence-corrected chi connectivity index (χ0v) is 12.6. The molecule has 0 heterocycles. The molecule has 0 saturated carbocycles. The summed E-state index contributed by atoms with van der Waals surface area (Å²) in [5.74, 6) is 0.199. The van der Waals surface area contributed by atoms with E-state index in [1.807, 2.05) is 24.3 Å². The normalized spacial score (nSPS) is 10.1. The molecule has 2 aromatic carbocycles. The van der Waals surface area contributed by atoms with Crippen LogP contribution in [-0.2, 0) is 4.79 Å². The largest absolute Gasteiger partial charge is 0.496 e. The number of rotatable bonds is 4. The minimum Gasteiger partial charge on any atom is -0.496 e. The molecular weight excluding hydrogens is 294 g/mol. The molecule has 3 N–H and O–H groups in total. The van der Waals surface area contributed by atoms with Crippen molar-refractivity contribution in [2.24, 2.45) is 0 Å². The fourth-order valence-electron chi connectivity index (χ4n) is 1.81. The summed E-state index contributed by atoms with van der Waals surface area (Å²) < 4.78 is 5.18. The minimum absolute atomic E-state index is 0.459. The second-order valence-electron chi connectivity index (χ2n) is 4.51. The van der Waals surface area contributed by atoms with Crippen molar-refractivity contribution in [1.29, 1.82) is 0 Å². The molecule has 2 aromatic rings. The van der Waals surface area contributed by atoms with Gasteiger partial charge in [-0.15, -0.1) is 0 Å². The van der Waals surface area contributed by atoms with Gasteiger partial charge in [-0.1, -0.05) is 36.4 Å². The first-order valence-electron chi connectivity index (χ1n) is 6.92. The number of para-hydroxylation sites is 2. The molecule has 0 fully saturated rings. The highest BCUT2D eigenvalue weighted by molar-refractivity contribution is 5.95. The predicted molar refractivity (Wildman–Crippen MR) is 88.8 cm³/mol. The highest BCUT2D eigenvalue weighted by atomic mass is 16.5. The maximum atomic E-state index is 11.7. The molecule has 0 aromatic heterocycles. The Morgan fingerprint density at radius 1 is 0.957 bits per heavy atom. The Labute approximate surface area is 134 Å². The highest BCUT2D eigenvalue weighted by Crippen LogP contribution is 2.18. The molecule has 6 nitrogen and oxygen atoms in total. The summed E-state index contributed by atoms with van der Waals surface area (Å²) in [5, 5.41) is 2.58. The predicted octanol–water partition coefficient (Wildman–Crippen LogP) is 2.56. The van der Waals surface area contributed by atoms with Gasteiger partial charge in [0.2, 0.25) is 0 Å². The van der Waals surface area contributed by atoms with Crippen LogP contribution in [0.5, 0.6) is 5.75 Å². The van der Waals surface area contributed by atoms with Gasteiger partial charge in [0.05, 0.1) is 7.11 Å². The molecule has 118 valence electrons. The number of amides is 3. The zero-order valence-electron chi connectivity index (χ0n) is 12.6. The Bertz CT molecular complexity index is 699. The lowest BCUT2D eigenvalue weighted by Crippen LogP contribution is -2.43. The van der Waals surface area contributed by atoms with Gasteiger partial charge in [0.15, 0.2) is 0 Å². The molecule has 6 heteroatoms. The Hall–Kier alpha value is -3.28. The van der Waals surface area contributed by atoms with Gasteiger partial charge < -0.3 is 10.1 Å². The Kier molecular flexibility index (Phi) is 5.76. The van der Waals surface area contributed by atoms with Gasteiger partial charge in [-0.2, -0.15) is 0 Å². The number of nitrogens with one attached hydrogen (secondary N) is 3. The molecule has 0 radical (unpaired) electrons. The van der Waals surface area contributed by atoms with Crippen molar-refractivity contribution in [2.45, 2.75) is 0 Å². The number of methoxy groups -OCH3 is 1. The van der Waals surface area contributed by atoms with E-state index >= 15 is 0 Å². The number of hydrogen-bond acceptors (Lipinski definition) is 3. The molecule has 0 spiro atoms. The van der Waals surface area contributed by atoms with Crippen LogP contribution < -0.4 is 20.9 Å². The third kappa shape index (κ3) is 5.20. The standard InChI is InChI=1S/C17H17N3O3/c1-23-15-10-6-5-7-13(15)11-12-16(21)19-20-17(22)18-14-8-3-2-4-9-14/h2-12H,1H3,(H,19,21)(H2,18,20,22). The van der Waals surface area contributed by atoms with Crippen molar-refractivity contribution in [2.75, 3.05) is 12.4 Å².